The second-order valence-electron chi connectivity index (χ2n) is 5.27. The van der Waals surface area contributed by atoms with Crippen LogP contribution in [0.2, 0.25) is 0 Å². The average Bonchev–Trinajstić information content (AvgIpc) is 2.43. The van der Waals surface area contributed by atoms with E-state index in [1.54, 1.807) is 13.0 Å². The van der Waals surface area contributed by atoms with Gasteiger partial charge < -0.3 is 5.32 Å². The maximum absolute atomic E-state index is 13.4. The molecule has 1 aromatic carbocycles. The van der Waals surface area contributed by atoms with E-state index in [-0.39, 0.29) is 5.56 Å². The Morgan fingerprint density at radius 3 is 2.12 bits per heavy atom. The molecule has 1 aromatic rings. The lowest BCUT2D eigenvalue weighted by molar-refractivity contribution is -0.281. The van der Waals surface area contributed by atoms with Crippen molar-refractivity contribution in [1.29, 1.82) is 5.26 Å². The third-order valence-corrected chi connectivity index (χ3v) is 3.55. The van der Waals surface area contributed by atoms with Gasteiger partial charge in [0.15, 0.2) is 0 Å². The highest BCUT2D eigenvalue weighted by molar-refractivity contribution is 6.01. The summed E-state index contributed by atoms with van der Waals surface area (Å²) in [5, 5.41) is 11.3. The van der Waals surface area contributed by atoms with Crippen molar-refractivity contribution in [3.8, 4) is 6.07 Å². The van der Waals surface area contributed by atoms with Gasteiger partial charge in [-0.1, -0.05) is 23.8 Å². The Hall–Kier alpha value is -2.50. The van der Waals surface area contributed by atoms with Crippen LogP contribution in [0, 0.1) is 18.3 Å². The molecule has 0 spiro atoms. The van der Waals surface area contributed by atoms with Crippen LogP contribution < -0.4 is 5.32 Å². The summed E-state index contributed by atoms with van der Waals surface area (Å²) in [6.07, 6.45) is -11.6. The van der Waals surface area contributed by atoms with Crippen molar-refractivity contribution >= 4 is 5.84 Å². The smallest absolute Gasteiger partial charge is 0.343 e. The summed E-state index contributed by atoms with van der Waals surface area (Å²) in [4.78, 5) is 2.95. The lowest BCUT2D eigenvalue weighted by Crippen LogP contribution is -2.60. The van der Waals surface area contributed by atoms with E-state index < -0.39 is 35.0 Å². The van der Waals surface area contributed by atoms with E-state index in [0.717, 1.165) is 13.0 Å². The van der Waals surface area contributed by atoms with Crippen LogP contribution >= 0.6 is 0 Å². The molecule has 0 aliphatic carbocycles. The molecule has 2 rings (SSSR count). The standard InChI is InChI=1S/C15H11F6N3/c1-8-4-3-5-10(6-8)12-23-9(2)11(7-22)13(24-12,14(16,17)18)15(19,20)21/h3-6H,1-2H3,(H,23,24). The molecule has 3 nitrogen and oxygen atoms in total. The average molecular weight is 347 g/mol. The highest BCUT2D eigenvalue weighted by atomic mass is 19.4. The number of nitrogens with one attached hydrogen (secondary N) is 1. The third-order valence-electron chi connectivity index (χ3n) is 3.55. The van der Waals surface area contributed by atoms with Gasteiger partial charge in [0.05, 0.1) is 11.6 Å². The summed E-state index contributed by atoms with van der Waals surface area (Å²) in [6, 6.07) is 6.86. The summed E-state index contributed by atoms with van der Waals surface area (Å²) < 4.78 is 80.6. The van der Waals surface area contributed by atoms with Crippen LogP contribution in [0.1, 0.15) is 18.1 Å². The van der Waals surface area contributed by atoms with Gasteiger partial charge in [0.1, 0.15) is 5.84 Å². The SMILES string of the molecule is CC1=C(C#N)C(C(F)(F)F)(C(F)(F)F)N=C(c2cccc(C)c2)N1. The van der Waals surface area contributed by atoms with Crippen LogP contribution in [0.4, 0.5) is 26.3 Å². The molecule has 1 aliphatic rings. The number of hydrogen-bond donors (Lipinski definition) is 1. The Balaban J connectivity index is 2.81. The predicted octanol–water partition coefficient (Wildman–Crippen LogP) is 4.01. The van der Waals surface area contributed by atoms with Crippen molar-refractivity contribution < 1.29 is 26.3 Å². The molecule has 1 aliphatic heterocycles. The lowest BCUT2D eigenvalue weighted by atomic mass is 9.86. The zero-order chi connectivity index (χ0) is 18.3. The number of amidine groups is 1. The van der Waals surface area contributed by atoms with Gasteiger partial charge in [-0.3, -0.25) is 0 Å². The van der Waals surface area contributed by atoms with Crippen molar-refractivity contribution in [3.05, 3.63) is 46.7 Å². The van der Waals surface area contributed by atoms with Gasteiger partial charge in [-0.15, -0.1) is 0 Å². The topological polar surface area (TPSA) is 48.2 Å². The second-order valence-corrected chi connectivity index (χ2v) is 5.27. The van der Waals surface area contributed by atoms with Crippen LogP contribution in [0.5, 0.6) is 0 Å². The van der Waals surface area contributed by atoms with Crippen LogP contribution in [0.15, 0.2) is 40.5 Å². The summed E-state index contributed by atoms with van der Waals surface area (Å²) >= 11 is 0. The quantitative estimate of drug-likeness (QED) is 0.781. The van der Waals surface area contributed by atoms with Gasteiger partial charge in [-0.25, -0.2) is 4.99 Å². The number of benzene rings is 1. The van der Waals surface area contributed by atoms with Crippen LogP contribution in [0.3, 0.4) is 0 Å². The van der Waals surface area contributed by atoms with Crippen molar-refractivity contribution in [2.24, 2.45) is 4.99 Å². The number of nitriles is 1. The molecule has 1 heterocycles. The number of rotatable bonds is 1. The molecule has 0 unspecified atom stereocenters. The number of nitrogens with zero attached hydrogens (tertiary/aromatic N) is 2. The van der Waals surface area contributed by atoms with Gasteiger partial charge in [0.25, 0.3) is 5.54 Å². The first-order chi connectivity index (χ1) is 10.9. The molecule has 24 heavy (non-hydrogen) atoms. The molecule has 128 valence electrons. The lowest BCUT2D eigenvalue weighted by Gasteiger charge is -2.37. The minimum atomic E-state index is -5.82. The van der Waals surface area contributed by atoms with E-state index in [1.807, 2.05) is 0 Å². The van der Waals surface area contributed by atoms with E-state index in [2.05, 4.69) is 10.3 Å². The first-order valence-electron chi connectivity index (χ1n) is 6.63. The van der Waals surface area contributed by atoms with Gasteiger partial charge in [0.2, 0.25) is 0 Å². The van der Waals surface area contributed by atoms with E-state index in [0.29, 0.717) is 5.56 Å². The summed E-state index contributed by atoms with van der Waals surface area (Å²) in [6.45, 7) is 2.62. The molecule has 0 saturated carbocycles. The summed E-state index contributed by atoms with van der Waals surface area (Å²) in [5.74, 6) is -0.593. The fraction of sp³-hybridized carbons (Fsp3) is 0.333. The minimum Gasteiger partial charge on any atom is -0.343 e. The number of halogens is 6. The number of hydrogen-bond acceptors (Lipinski definition) is 3. The maximum atomic E-state index is 13.4. The predicted molar refractivity (Wildman–Crippen MR) is 74.0 cm³/mol. The van der Waals surface area contributed by atoms with Crippen LogP contribution in [-0.2, 0) is 0 Å². The van der Waals surface area contributed by atoms with Crippen LogP contribution in [0.25, 0.3) is 0 Å². The highest BCUT2D eigenvalue weighted by Gasteiger charge is 2.75. The summed E-state index contributed by atoms with van der Waals surface area (Å²) in [7, 11) is 0. The molecule has 0 fully saturated rings. The molecule has 0 radical (unpaired) electrons. The Labute approximate surface area is 133 Å². The molecule has 0 saturated heterocycles. The van der Waals surface area contributed by atoms with E-state index in [1.165, 1.54) is 18.2 Å². The first kappa shape index (κ1) is 17.8. The van der Waals surface area contributed by atoms with Gasteiger partial charge in [0, 0.05) is 11.3 Å². The fourth-order valence-electron chi connectivity index (χ4n) is 2.43. The maximum Gasteiger partial charge on any atom is 0.427 e. The van der Waals surface area contributed by atoms with Crippen molar-refractivity contribution in [3.63, 3.8) is 0 Å². The van der Waals surface area contributed by atoms with Crippen molar-refractivity contribution in [2.75, 3.05) is 0 Å². The van der Waals surface area contributed by atoms with Crippen molar-refractivity contribution in [2.45, 2.75) is 31.7 Å². The van der Waals surface area contributed by atoms with Gasteiger partial charge in [-0.05, 0) is 19.9 Å². The number of aryl methyl sites for hydroxylation is 1. The number of allylic oxidation sites excluding steroid dienone is 1. The summed E-state index contributed by atoms with van der Waals surface area (Å²) in [5.41, 5.74) is -5.96. The van der Waals surface area contributed by atoms with E-state index in [9.17, 15) is 26.3 Å². The Bertz CT molecular complexity index is 751. The fourth-order valence-corrected chi connectivity index (χ4v) is 2.43. The third kappa shape index (κ3) is 2.62. The largest absolute Gasteiger partial charge is 0.427 e. The molecule has 0 aromatic heterocycles. The molecule has 9 heteroatoms. The monoisotopic (exact) mass is 347 g/mol. The molecule has 1 N–H and O–H groups in total. The molecular weight excluding hydrogens is 336 g/mol. The Morgan fingerprint density at radius 1 is 1.08 bits per heavy atom. The van der Waals surface area contributed by atoms with Gasteiger partial charge in [-0.2, -0.15) is 31.6 Å². The highest BCUT2D eigenvalue weighted by Crippen LogP contribution is 2.52. The molecular formula is C15H11F6N3. The normalized spacial score (nSPS) is 17.9. The van der Waals surface area contributed by atoms with Crippen molar-refractivity contribution in [1.82, 2.24) is 5.32 Å². The zero-order valence-corrected chi connectivity index (χ0v) is 12.5. The second kappa shape index (κ2) is 5.54. The van der Waals surface area contributed by atoms with E-state index >= 15 is 0 Å². The Morgan fingerprint density at radius 2 is 1.67 bits per heavy atom. The molecule has 0 atom stereocenters. The molecule has 0 bridgehead atoms. The first-order valence-corrected chi connectivity index (χ1v) is 6.63. The number of alkyl halides is 6. The minimum absolute atomic E-state index is 0.0595. The van der Waals surface area contributed by atoms with Crippen LogP contribution in [-0.4, -0.2) is 23.7 Å². The molecule has 0 amide bonds. The zero-order valence-electron chi connectivity index (χ0n) is 12.5. The Kier molecular flexibility index (Phi) is 4.12. The van der Waals surface area contributed by atoms with Gasteiger partial charge >= 0.3 is 12.4 Å². The van der Waals surface area contributed by atoms with E-state index in [4.69, 9.17) is 5.26 Å². The number of aliphatic imine (C=N–C) groups is 1.